The molecule has 2 saturated carbocycles. The minimum atomic E-state index is -0.00745. The molecule has 1 saturated heterocycles. The third-order valence-corrected chi connectivity index (χ3v) is 7.31. The molecule has 2 aliphatic carbocycles. The number of nitrogens with one attached hydrogen (secondary N) is 3. The summed E-state index contributed by atoms with van der Waals surface area (Å²) in [6.45, 7) is 8.14. The van der Waals surface area contributed by atoms with E-state index in [1.165, 1.54) is 61.0 Å². The van der Waals surface area contributed by atoms with Crippen molar-refractivity contribution in [3.63, 3.8) is 0 Å². The molecule has 2 atom stereocenters. The maximum Gasteiger partial charge on any atom is 0.271 e. The Balaban J connectivity index is 1.44. The van der Waals surface area contributed by atoms with Crippen LogP contribution in [0.3, 0.4) is 0 Å². The Labute approximate surface area is 172 Å². The predicted molar refractivity (Wildman–Crippen MR) is 118 cm³/mol. The molecule has 3 N–H and O–H groups in total. The lowest BCUT2D eigenvalue weighted by Crippen LogP contribution is -2.33. The summed E-state index contributed by atoms with van der Waals surface area (Å²) in [5, 5.41) is 7.69. The van der Waals surface area contributed by atoms with E-state index in [1.807, 2.05) is 0 Å². The van der Waals surface area contributed by atoms with E-state index in [2.05, 4.69) is 46.9 Å². The summed E-state index contributed by atoms with van der Waals surface area (Å²) in [4.78, 5) is 18.7. The first-order valence-corrected chi connectivity index (χ1v) is 11.5. The fourth-order valence-electron chi connectivity index (χ4n) is 5.35. The van der Waals surface area contributed by atoms with Crippen molar-refractivity contribution in [3.8, 4) is 0 Å². The highest BCUT2D eigenvalue weighted by Gasteiger charge is 2.31. The lowest BCUT2D eigenvalue weighted by Gasteiger charge is -2.25. The van der Waals surface area contributed by atoms with E-state index in [0.29, 0.717) is 5.92 Å². The zero-order valence-electron chi connectivity index (χ0n) is 18.0. The lowest BCUT2D eigenvalue weighted by atomic mass is 9.99. The van der Waals surface area contributed by atoms with Gasteiger partial charge in [-0.2, -0.15) is 0 Å². The van der Waals surface area contributed by atoms with Gasteiger partial charge in [0.2, 0.25) is 0 Å². The Morgan fingerprint density at radius 1 is 1.07 bits per heavy atom. The summed E-state index contributed by atoms with van der Waals surface area (Å²) >= 11 is 0. The van der Waals surface area contributed by atoms with Gasteiger partial charge >= 0.3 is 0 Å². The van der Waals surface area contributed by atoms with Gasteiger partial charge in [-0.1, -0.05) is 0 Å². The van der Waals surface area contributed by atoms with Crippen molar-refractivity contribution in [2.45, 2.75) is 90.1 Å². The number of H-pyrrole nitrogens is 3. The second kappa shape index (κ2) is 7.35. The molecule has 2 unspecified atom stereocenters. The molecular weight excluding hydrogens is 360 g/mol. The first-order valence-electron chi connectivity index (χ1n) is 11.5. The van der Waals surface area contributed by atoms with Gasteiger partial charge in [-0.05, 0) is 107 Å². The monoisotopic (exact) mass is 394 g/mol. The highest BCUT2D eigenvalue weighted by atomic mass is 16.1. The van der Waals surface area contributed by atoms with Crippen LogP contribution in [-0.4, -0.2) is 38.7 Å². The molecule has 2 aromatic heterocycles. The highest BCUT2D eigenvalue weighted by molar-refractivity contribution is 5.61. The van der Waals surface area contributed by atoms with Crippen molar-refractivity contribution in [1.82, 2.24) is 20.1 Å². The molecular formula is C24H34N4O. The van der Waals surface area contributed by atoms with Crippen molar-refractivity contribution >= 4 is 11.6 Å². The number of hydrogen-bond acceptors (Lipinski definition) is 2. The molecule has 1 aliphatic heterocycles. The van der Waals surface area contributed by atoms with Gasteiger partial charge in [0.1, 0.15) is 0 Å². The van der Waals surface area contributed by atoms with Gasteiger partial charge in [0.15, 0.2) is 0 Å². The summed E-state index contributed by atoms with van der Waals surface area (Å²) < 4.78 is 0. The van der Waals surface area contributed by atoms with Crippen molar-refractivity contribution in [2.24, 2.45) is 0 Å². The number of rotatable bonds is 6. The van der Waals surface area contributed by atoms with E-state index >= 15 is 0 Å². The van der Waals surface area contributed by atoms with Gasteiger partial charge in [-0.15, -0.1) is 0 Å². The standard InChI is InChI=1S/C24H34N4O/c1-14-6-7-15(2)28(14)12-4-5-19-16(3)25-21(22(19)17-8-9-17)13-20-23(18-10-11-18)26-27-24(20)29/h13-15,17,25-26H,4-12H2,1-3H3,(H,27,29). The Bertz CT molecular complexity index is 1070. The molecule has 3 aliphatic rings. The first kappa shape index (κ1) is 19.0. The van der Waals surface area contributed by atoms with E-state index < -0.39 is 0 Å². The van der Waals surface area contributed by atoms with Gasteiger partial charge in [-0.25, -0.2) is 0 Å². The first-order chi connectivity index (χ1) is 14.0. The topological polar surface area (TPSA) is 67.7 Å². The fraction of sp³-hybridized carbons (Fsp3) is 0.625. The molecule has 0 bridgehead atoms. The van der Waals surface area contributed by atoms with Crippen LogP contribution in [0.15, 0.2) is 4.79 Å². The molecule has 5 heteroatoms. The molecule has 0 aromatic carbocycles. The van der Waals surface area contributed by atoms with E-state index in [9.17, 15) is 4.79 Å². The zero-order valence-corrected chi connectivity index (χ0v) is 18.0. The third-order valence-electron chi connectivity index (χ3n) is 7.31. The summed E-state index contributed by atoms with van der Waals surface area (Å²) in [6.07, 6.45) is 11.9. The molecule has 0 amide bonds. The summed E-state index contributed by atoms with van der Waals surface area (Å²) in [7, 11) is 0. The fourth-order valence-corrected chi connectivity index (χ4v) is 5.35. The van der Waals surface area contributed by atoms with E-state index in [1.54, 1.807) is 0 Å². The van der Waals surface area contributed by atoms with Gasteiger partial charge in [0.05, 0.1) is 10.6 Å². The molecule has 0 spiro atoms. The summed E-state index contributed by atoms with van der Waals surface area (Å²) in [5.41, 5.74) is 6.79. The lowest BCUT2D eigenvalue weighted by molar-refractivity contribution is 0.212. The number of aryl methyl sites for hydroxylation is 1. The number of aromatic nitrogens is 3. The Morgan fingerprint density at radius 2 is 1.79 bits per heavy atom. The molecule has 3 heterocycles. The molecule has 2 aromatic rings. The van der Waals surface area contributed by atoms with Gasteiger partial charge in [0, 0.05) is 23.5 Å². The van der Waals surface area contributed by atoms with Crippen LogP contribution in [0, 0.1) is 6.92 Å². The molecule has 156 valence electrons. The maximum absolute atomic E-state index is 12.4. The summed E-state index contributed by atoms with van der Waals surface area (Å²) in [5.74, 6) is 0.667. The number of nitrogens with zero attached hydrogens (tertiary/aromatic N) is 1. The molecule has 5 rings (SSSR count). The SMILES string of the molecule is Cc1[nH]c(C=c2c(=O)[nH][nH]c2=C2CC2)c(C2CC2)c1CCCN1C(C)CCC1C. The maximum atomic E-state index is 12.4. The van der Waals surface area contributed by atoms with Crippen molar-refractivity contribution in [3.05, 3.63) is 43.4 Å². The van der Waals surface area contributed by atoms with Gasteiger partial charge < -0.3 is 4.98 Å². The Morgan fingerprint density at radius 3 is 2.45 bits per heavy atom. The average molecular weight is 395 g/mol. The van der Waals surface area contributed by atoms with Crippen LogP contribution in [-0.2, 0) is 6.42 Å². The second-order valence-electron chi connectivity index (χ2n) is 9.56. The number of hydrogen-bond donors (Lipinski definition) is 3. The van der Waals surface area contributed by atoms with Crippen molar-refractivity contribution in [1.29, 1.82) is 0 Å². The Kier molecular flexibility index (Phi) is 4.81. The minimum Gasteiger partial charge on any atom is -0.359 e. The molecule has 0 radical (unpaired) electrons. The average Bonchev–Trinajstić information content (AvgIpc) is 3.61. The van der Waals surface area contributed by atoms with Crippen LogP contribution in [0.5, 0.6) is 0 Å². The van der Waals surface area contributed by atoms with Crippen LogP contribution in [0.2, 0.25) is 0 Å². The van der Waals surface area contributed by atoms with E-state index in [4.69, 9.17) is 0 Å². The van der Waals surface area contributed by atoms with E-state index in [-0.39, 0.29) is 5.56 Å². The minimum absolute atomic E-state index is 0.00745. The largest absolute Gasteiger partial charge is 0.359 e. The van der Waals surface area contributed by atoms with Crippen LogP contribution in [0.4, 0.5) is 0 Å². The predicted octanol–water partition coefficient (Wildman–Crippen LogP) is 2.80. The van der Waals surface area contributed by atoms with Crippen LogP contribution < -0.4 is 16.1 Å². The molecule has 5 nitrogen and oxygen atoms in total. The van der Waals surface area contributed by atoms with Crippen LogP contribution in [0.25, 0.3) is 11.6 Å². The van der Waals surface area contributed by atoms with Gasteiger partial charge in [-0.3, -0.25) is 19.9 Å². The molecule has 3 fully saturated rings. The smallest absolute Gasteiger partial charge is 0.271 e. The quantitative estimate of drug-likeness (QED) is 0.705. The second-order valence-corrected chi connectivity index (χ2v) is 9.56. The molecule has 29 heavy (non-hydrogen) atoms. The summed E-state index contributed by atoms with van der Waals surface area (Å²) in [6, 6.07) is 1.45. The van der Waals surface area contributed by atoms with Crippen molar-refractivity contribution in [2.75, 3.05) is 6.54 Å². The van der Waals surface area contributed by atoms with Gasteiger partial charge in [0.25, 0.3) is 5.56 Å². The number of aromatic amines is 3. The number of likely N-dealkylation sites (tertiary alicyclic amines) is 1. The zero-order chi connectivity index (χ0) is 20.1. The Hall–Kier alpha value is -2.01. The van der Waals surface area contributed by atoms with Crippen LogP contribution in [0.1, 0.15) is 87.2 Å². The normalized spacial score (nSPS) is 25.3. The van der Waals surface area contributed by atoms with E-state index in [0.717, 1.165) is 47.6 Å². The highest BCUT2D eigenvalue weighted by Crippen LogP contribution is 2.45. The third kappa shape index (κ3) is 3.65. The van der Waals surface area contributed by atoms with Crippen molar-refractivity contribution < 1.29 is 0 Å². The van der Waals surface area contributed by atoms with Crippen LogP contribution >= 0.6 is 0 Å².